The Morgan fingerprint density at radius 2 is 0.862 bits per heavy atom. The lowest BCUT2D eigenvalue weighted by Gasteiger charge is -2.51. The van der Waals surface area contributed by atoms with Gasteiger partial charge in [-0.05, 0) is 196 Å². The third-order valence-corrected chi connectivity index (χ3v) is 22.9. The number of anilines is 7. The molecule has 6 aliphatic rings. The first-order chi connectivity index (χ1) is 40.7. The van der Waals surface area contributed by atoms with Crippen molar-refractivity contribution in [2.75, 3.05) is 14.7 Å². The van der Waals surface area contributed by atoms with E-state index >= 15 is 0 Å². The van der Waals surface area contributed by atoms with Gasteiger partial charge < -0.3 is 14.7 Å². The van der Waals surface area contributed by atoms with Gasteiger partial charge in [-0.15, -0.1) is 0 Å². The molecule has 3 heterocycles. The van der Waals surface area contributed by atoms with Crippen LogP contribution in [0, 0.1) is 0 Å². The van der Waals surface area contributed by atoms with Crippen LogP contribution >= 0.6 is 0 Å². The minimum atomic E-state index is -0.182. The Balaban J connectivity index is 1.15. The molecule has 0 bridgehead atoms. The van der Waals surface area contributed by atoms with Gasteiger partial charge in [-0.3, -0.25) is 0 Å². The molecule has 87 heavy (non-hydrogen) atoms. The fourth-order valence-corrected chi connectivity index (χ4v) is 18.4. The van der Waals surface area contributed by atoms with Crippen LogP contribution < -0.4 is 31.1 Å². The number of benzene rings is 8. The van der Waals surface area contributed by atoms with Gasteiger partial charge in [0.05, 0.1) is 11.2 Å². The SMILES string of the molecule is CC(C)(C)c1ccc(CN2c3cc4c(cc3B3c5cc6c(cc5N(c5ccc(C(C)(C)C)cc5-c5ccccc5)c5cc(N7c8ccc(C(C)(C)C)cc8C8(C)CCCCC78C)cc2c53)C(C)(C)CC6(C)C)C(C)(C)CC4(C)C)c(-c2ccccc2)c1. The maximum absolute atomic E-state index is 2.89. The van der Waals surface area contributed by atoms with Gasteiger partial charge in [0.25, 0.3) is 6.71 Å². The van der Waals surface area contributed by atoms with Crippen molar-refractivity contribution in [2.24, 2.45) is 0 Å². The molecule has 4 heteroatoms. The molecule has 3 aliphatic carbocycles. The first-order valence-electron chi connectivity index (χ1n) is 33.2. The summed E-state index contributed by atoms with van der Waals surface area (Å²) in [6.07, 6.45) is 6.95. The molecule has 2 unspecified atom stereocenters. The van der Waals surface area contributed by atoms with Gasteiger partial charge in [-0.1, -0.05) is 247 Å². The summed E-state index contributed by atoms with van der Waals surface area (Å²) >= 11 is 0. The first kappa shape index (κ1) is 57.9. The van der Waals surface area contributed by atoms with Crippen molar-refractivity contribution < 1.29 is 0 Å². The highest BCUT2D eigenvalue weighted by Gasteiger charge is 2.59. The summed E-state index contributed by atoms with van der Waals surface area (Å²) in [6, 6.07) is 61.4. The Hall–Kier alpha value is -6.78. The second kappa shape index (κ2) is 18.9. The number of nitrogens with zero attached hydrogens (tertiary/aromatic N) is 3. The van der Waals surface area contributed by atoms with E-state index in [-0.39, 0.29) is 55.6 Å². The van der Waals surface area contributed by atoms with E-state index in [9.17, 15) is 0 Å². The van der Waals surface area contributed by atoms with Gasteiger partial charge >= 0.3 is 0 Å². The quantitative estimate of drug-likeness (QED) is 0.154. The van der Waals surface area contributed by atoms with Crippen LogP contribution in [0.15, 0.2) is 152 Å². The molecule has 0 saturated heterocycles. The first-order valence-corrected chi connectivity index (χ1v) is 33.2. The minimum Gasteiger partial charge on any atom is -0.338 e. The van der Waals surface area contributed by atoms with Crippen LogP contribution in [0.1, 0.15) is 220 Å². The molecule has 1 saturated carbocycles. The number of fused-ring (bicyclic) bond motifs is 9. The molecule has 2 atom stereocenters. The lowest BCUT2D eigenvalue weighted by atomic mass is 9.33. The predicted molar refractivity (Wildman–Crippen MR) is 376 cm³/mol. The van der Waals surface area contributed by atoms with Crippen LogP contribution in [0.3, 0.4) is 0 Å². The molecular formula is C83H96BN3. The molecule has 8 aromatic rings. The minimum absolute atomic E-state index is 0.000117. The number of hydrogen-bond donors (Lipinski definition) is 0. The van der Waals surface area contributed by atoms with Gasteiger partial charge in [0, 0.05) is 51.6 Å². The van der Waals surface area contributed by atoms with E-state index in [4.69, 9.17) is 0 Å². The standard InChI is InChI=1S/C83H96BN3/c1-75(2,3)55-33-32-54(59(40-55)52-28-22-20-23-29-52)49-85-70-47-63-61(78(10,11)50-80(63,14)15)45-66(70)84-67-46-62-64(81(16,17)51-79(62,12)13)48-71(67)86(68-36-34-56(76(4,5)6)41-60(68)53-30-24-21-25-31-53)73-44-58(43-72(85)74(73)84)87-69-37-35-57(77(7,8)9)42-65(69)82(18)38-26-27-39-83(82,87)19/h20-25,28-37,40-48H,26-27,38-39,49-51H2,1-19H3. The van der Waals surface area contributed by atoms with Crippen molar-refractivity contribution in [2.45, 2.75) is 225 Å². The van der Waals surface area contributed by atoms with E-state index in [0.29, 0.717) is 6.54 Å². The average molecular weight is 1150 g/mol. The Kier molecular flexibility index (Phi) is 12.6. The summed E-state index contributed by atoms with van der Waals surface area (Å²) in [5, 5.41) is 0. The molecule has 8 aromatic carbocycles. The maximum atomic E-state index is 2.89. The van der Waals surface area contributed by atoms with E-state index in [1.165, 1.54) is 148 Å². The molecule has 1 fully saturated rings. The molecule has 3 aliphatic heterocycles. The molecule has 446 valence electrons. The second-order valence-corrected chi connectivity index (χ2v) is 34.0. The Labute approximate surface area is 524 Å². The van der Waals surface area contributed by atoms with Crippen LogP contribution in [0.4, 0.5) is 39.8 Å². The van der Waals surface area contributed by atoms with Crippen LogP contribution in [-0.2, 0) is 49.9 Å². The predicted octanol–water partition coefficient (Wildman–Crippen LogP) is 20.5. The van der Waals surface area contributed by atoms with Crippen molar-refractivity contribution in [1.29, 1.82) is 0 Å². The largest absolute Gasteiger partial charge is 0.338 e. The van der Waals surface area contributed by atoms with Crippen molar-refractivity contribution in [3.8, 4) is 22.3 Å². The molecule has 0 amide bonds. The Morgan fingerprint density at radius 1 is 0.402 bits per heavy atom. The zero-order valence-corrected chi connectivity index (χ0v) is 56.3. The lowest BCUT2D eigenvalue weighted by molar-refractivity contribution is 0.195. The van der Waals surface area contributed by atoms with E-state index in [1.807, 2.05) is 0 Å². The average Bonchev–Trinajstić information content (AvgIpc) is 1.69. The normalized spacial score (nSPS) is 21.6. The summed E-state index contributed by atoms with van der Waals surface area (Å²) in [5.41, 5.74) is 31.1. The van der Waals surface area contributed by atoms with Crippen LogP contribution in [0.25, 0.3) is 22.3 Å². The van der Waals surface area contributed by atoms with E-state index in [0.717, 1.165) is 19.3 Å². The third-order valence-electron chi connectivity index (χ3n) is 22.9. The fraction of sp³-hybridized carbons (Fsp3) is 0.422. The number of rotatable bonds is 6. The molecule has 3 nitrogen and oxygen atoms in total. The Bertz CT molecular complexity index is 4140. The Morgan fingerprint density at radius 3 is 1.43 bits per heavy atom. The zero-order valence-electron chi connectivity index (χ0n) is 56.3. The van der Waals surface area contributed by atoms with Crippen LogP contribution in [0.5, 0.6) is 0 Å². The topological polar surface area (TPSA) is 9.72 Å². The lowest BCUT2D eigenvalue weighted by Crippen LogP contribution is -2.62. The molecule has 0 radical (unpaired) electrons. The number of hydrogen-bond acceptors (Lipinski definition) is 3. The molecule has 14 rings (SSSR count). The summed E-state index contributed by atoms with van der Waals surface area (Å²) in [5.74, 6) is 0. The van der Waals surface area contributed by atoms with Gasteiger partial charge in [0.15, 0.2) is 0 Å². The second-order valence-electron chi connectivity index (χ2n) is 34.0. The van der Waals surface area contributed by atoms with E-state index in [1.54, 1.807) is 0 Å². The van der Waals surface area contributed by atoms with Crippen molar-refractivity contribution >= 4 is 62.9 Å². The van der Waals surface area contributed by atoms with Crippen molar-refractivity contribution in [3.05, 3.63) is 202 Å². The highest BCUT2D eigenvalue weighted by molar-refractivity contribution is 7.00. The van der Waals surface area contributed by atoms with Gasteiger partial charge in [-0.25, -0.2) is 0 Å². The maximum Gasteiger partial charge on any atom is 0.252 e. The zero-order chi connectivity index (χ0) is 61.7. The summed E-state index contributed by atoms with van der Waals surface area (Å²) in [7, 11) is 0. The van der Waals surface area contributed by atoms with E-state index in [2.05, 4.69) is 298 Å². The summed E-state index contributed by atoms with van der Waals surface area (Å²) < 4.78 is 0. The molecule has 0 N–H and O–H groups in total. The molecule has 0 aromatic heterocycles. The van der Waals surface area contributed by atoms with Gasteiger partial charge in [0.1, 0.15) is 0 Å². The molecular weight excluding hydrogens is 1050 g/mol. The summed E-state index contributed by atoms with van der Waals surface area (Å²) in [6.45, 7) is 47.4. The van der Waals surface area contributed by atoms with Crippen molar-refractivity contribution in [1.82, 2.24) is 0 Å². The van der Waals surface area contributed by atoms with Crippen LogP contribution in [-0.4, -0.2) is 12.3 Å². The summed E-state index contributed by atoms with van der Waals surface area (Å²) in [4.78, 5) is 8.52. The van der Waals surface area contributed by atoms with Crippen molar-refractivity contribution in [3.63, 3.8) is 0 Å². The van der Waals surface area contributed by atoms with Crippen LogP contribution in [0.2, 0.25) is 0 Å². The molecule has 0 spiro atoms. The van der Waals surface area contributed by atoms with Gasteiger partial charge in [-0.2, -0.15) is 0 Å². The fourth-order valence-electron chi connectivity index (χ4n) is 18.4. The third kappa shape index (κ3) is 8.76. The monoisotopic (exact) mass is 1150 g/mol. The van der Waals surface area contributed by atoms with E-state index < -0.39 is 0 Å². The van der Waals surface area contributed by atoms with Gasteiger partial charge in [0.2, 0.25) is 0 Å². The smallest absolute Gasteiger partial charge is 0.252 e. The highest BCUT2D eigenvalue weighted by Crippen LogP contribution is 2.63. The highest BCUT2D eigenvalue weighted by atomic mass is 15.3.